The molecule has 0 amide bonds. The first-order valence-corrected chi connectivity index (χ1v) is 40.5. The molecule has 0 saturated carbocycles. The Bertz CT molecular complexity index is 4040. The number of benzene rings is 6. The molecule has 0 fully saturated rings. The molecule has 0 spiro atoms. The van der Waals surface area contributed by atoms with Crippen molar-refractivity contribution in [2.24, 2.45) is 0 Å². The fraction of sp³-hybridized carbons (Fsp3) is 0.432. The van der Waals surface area contributed by atoms with E-state index in [0.29, 0.717) is 51.7 Å². The van der Waals surface area contributed by atoms with Crippen LogP contribution in [0.4, 0.5) is 0 Å². The van der Waals surface area contributed by atoms with Gasteiger partial charge in [0.15, 0.2) is 15.6 Å². The van der Waals surface area contributed by atoms with Gasteiger partial charge in [-0.15, -0.1) is 58.8 Å². The summed E-state index contributed by atoms with van der Waals surface area (Å²) in [7, 11) is -3.26. The molecule has 0 radical (unpaired) electrons. The Kier molecular flexibility index (Phi) is 36.1. The Morgan fingerprint density at radius 1 is 0.521 bits per heavy atom. The van der Waals surface area contributed by atoms with Gasteiger partial charge in [0.25, 0.3) is 0 Å². The van der Waals surface area contributed by atoms with Crippen LogP contribution >= 0.6 is 123 Å². The number of carbonyl (C=O) groups is 3. The van der Waals surface area contributed by atoms with Crippen LogP contribution in [-0.4, -0.2) is 110 Å². The third-order valence-corrected chi connectivity index (χ3v) is 29.5. The summed E-state index contributed by atoms with van der Waals surface area (Å²) < 4.78 is 28.9. The van der Waals surface area contributed by atoms with E-state index in [4.69, 9.17) is 5.11 Å². The predicted octanol–water partition coefficient (Wildman–Crippen LogP) is 18.3. The van der Waals surface area contributed by atoms with Crippen molar-refractivity contribution in [3.05, 3.63) is 179 Å². The molecular weight excluding hydrogens is 1670 g/mol. The average molecular weight is 1760 g/mol. The van der Waals surface area contributed by atoms with Crippen LogP contribution in [0.5, 0.6) is 0 Å². The maximum absolute atomic E-state index is 12.1. The number of fused-ring (bicyclic) bond motifs is 6. The van der Waals surface area contributed by atoms with Crippen LogP contribution in [0.2, 0.25) is 0 Å². The van der Waals surface area contributed by atoms with Gasteiger partial charge < -0.3 is 50.7 Å². The Labute approximate surface area is 655 Å². The second-order valence-corrected chi connectivity index (χ2v) is 36.0. The van der Waals surface area contributed by atoms with E-state index in [1.807, 2.05) is 87.7 Å². The van der Waals surface area contributed by atoms with E-state index in [2.05, 4.69) is 163 Å². The number of sulfone groups is 1. The van der Waals surface area contributed by atoms with Crippen molar-refractivity contribution in [3.8, 4) is 0 Å². The Hall–Kier alpha value is -1.58. The first kappa shape index (κ1) is 90.5. The van der Waals surface area contributed by atoms with Crippen molar-refractivity contribution in [1.82, 2.24) is 0 Å². The molecule has 0 aromatic heterocycles. The number of aromatic carboxylic acids is 2. The number of halogens is 5. The molecule has 6 aliphatic rings. The molecule has 524 valence electrons. The molecule has 10 nitrogen and oxygen atoms in total. The number of allylic oxidation sites excluding steroid dienone is 1. The molecule has 96 heavy (non-hydrogen) atoms. The van der Waals surface area contributed by atoms with E-state index >= 15 is 0 Å². The zero-order chi connectivity index (χ0) is 67.6. The number of ketones is 1. The summed E-state index contributed by atoms with van der Waals surface area (Å²) in [4.78, 5) is 41.2. The van der Waals surface area contributed by atoms with Gasteiger partial charge in [-0.05, 0) is 283 Å². The largest absolute Gasteiger partial charge is 2.00 e. The number of thioether (sulfide) groups is 5. The summed E-state index contributed by atoms with van der Waals surface area (Å²) in [6.45, 7) is 35.0. The van der Waals surface area contributed by atoms with Crippen molar-refractivity contribution < 1.29 is 67.5 Å². The van der Waals surface area contributed by atoms with Crippen LogP contribution < -0.4 is 17.0 Å². The number of hydrogen-bond acceptors (Lipinski definition) is 11. The van der Waals surface area contributed by atoms with Crippen LogP contribution in [0.15, 0.2) is 89.7 Å². The number of aryl methyl sites for hydroxylation is 6. The third kappa shape index (κ3) is 20.2. The maximum atomic E-state index is 12.1. The molecule has 22 heteroatoms. The van der Waals surface area contributed by atoms with Gasteiger partial charge in [-0.25, -0.2) is 18.0 Å². The zero-order valence-electron chi connectivity index (χ0n) is 58.5. The molecule has 7 N–H and O–H groups in total. The average Bonchev–Trinajstić information content (AvgIpc) is 0.766. The van der Waals surface area contributed by atoms with Gasteiger partial charge in [0.1, 0.15) is 0 Å². The number of rotatable bonds is 2. The fourth-order valence-corrected chi connectivity index (χ4v) is 24.2. The van der Waals surface area contributed by atoms with E-state index in [0.717, 1.165) is 78.5 Å². The summed E-state index contributed by atoms with van der Waals surface area (Å²) in [5.74, 6) is 5.36. The monoisotopic (exact) mass is 1750 g/mol. The maximum Gasteiger partial charge on any atom is 2.00 e. The topological polar surface area (TPSA) is 209 Å². The fourth-order valence-electron chi connectivity index (χ4n) is 13.0. The van der Waals surface area contributed by atoms with Crippen LogP contribution in [0.3, 0.4) is 0 Å². The van der Waals surface area contributed by atoms with Crippen LogP contribution in [-0.2, 0) is 15.4 Å². The summed E-state index contributed by atoms with van der Waals surface area (Å²) >= 11 is 23.8. The number of carboxylic acid groups (broad SMARTS) is 2. The molecule has 4 unspecified atom stereocenters. The van der Waals surface area contributed by atoms with Gasteiger partial charge in [-0.2, -0.15) is 0 Å². The second kappa shape index (κ2) is 38.3. The van der Waals surface area contributed by atoms with E-state index in [1.54, 1.807) is 31.2 Å². The van der Waals surface area contributed by atoms with Crippen molar-refractivity contribution >= 4 is 179 Å². The minimum Gasteiger partial charge on any atom is -1.00 e. The molecule has 6 aromatic rings. The third-order valence-electron chi connectivity index (χ3n) is 18.1. The SMILES string of the molecule is CC1=CCSc2c(C)cc(Br)c(C)c21.Cc1cc(Br)c(C)c2c1SCCC2(C)O.Cc1cc(Br)c(C)c2c1SCCC2=O.Cc1cc(Br)c(C)c2c1SCCC2C.Cc1cc(C(=O)O)c(C)c2c1S(=O)(=O)CCC2C.Cc1cc(C(=O)O)c(C)c2c1SCCC2C.O.O.[Br-].[CH3-].[HH].[Mg+2]. The van der Waals surface area contributed by atoms with Crippen molar-refractivity contribution in [1.29, 1.82) is 0 Å². The molecule has 12 rings (SSSR count). The molecule has 0 saturated heterocycles. The molecule has 6 heterocycles. The summed E-state index contributed by atoms with van der Waals surface area (Å²) in [6, 6.07) is 12.0. The second-order valence-electron chi connectivity index (χ2n) is 25.1. The number of Topliss-reactive ketones (excluding diaryl/α,β-unsaturated/α-hetero) is 1. The van der Waals surface area contributed by atoms with Gasteiger partial charge in [-0.1, -0.05) is 90.6 Å². The van der Waals surface area contributed by atoms with Crippen molar-refractivity contribution in [3.63, 3.8) is 0 Å². The van der Waals surface area contributed by atoms with Crippen LogP contribution in [0.1, 0.15) is 212 Å². The standard InChI is InChI=1S/C13H16O4S.C13H16O2S.C12H15BrOS.C12H15BrS.C12H13BrS.C11H11BrOS.CH3.BrH.Mg.2H2O.H2/c1-7-4-5-18(16,17)12-8(2)6-10(13(14)15)9(3)11(7)12;1-7-4-5-16-12-8(2)6-10(13(14)15)9(3)11(7)12;1-7-6-9(13)8(2)10-11(7)15-5-4-12(10,3)14;2*1-7-4-5-14-12-8(2)6-10(13)9(3)11(7)12;1-6-5-8(12)7(2)10-9(13)3-4-14-11(6)10;;;;;;/h6-7H,4-5H2,1-3H3,(H,14,15);6-7H,4-5H2,1-3H3,(H,14,15);6,14H,4-5H2,1-3H3;6-7H,4-5H2,1-3H3;4,6H,5H2,1-3H3;5H,3-4H2,1-2H3;1H3;1H;;2*1H2;1H/q;;;;;;-1;;+2;;;/p-1. The Morgan fingerprint density at radius 3 is 1.42 bits per heavy atom. The zero-order valence-corrected chi connectivity index (χ0v) is 72.7. The Morgan fingerprint density at radius 2 is 0.906 bits per heavy atom. The Balaban J connectivity index is 0.000000576. The van der Waals surface area contributed by atoms with Crippen LogP contribution in [0.25, 0.3) is 5.57 Å². The van der Waals surface area contributed by atoms with E-state index < -0.39 is 27.4 Å². The molecule has 4 atom stereocenters. The molecule has 0 bridgehead atoms. The molecule has 0 aliphatic carbocycles. The van der Waals surface area contributed by atoms with Gasteiger partial charge in [0.05, 0.1) is 27.4 Å². The quantitative estimate of drug-likeness (QED) is 0.109. The first-order valence-electron chi connectivity index (χ1n) is 30.8. The van der Waals surface area contributed by atoms with Gasteiger partial charge in [0, 0.05) is 78.6 Å². The predicted molar refractivity (Wildman–Crippen MR) is 423 cm³/mol. The molecule has 6 aromatic carbocycles. The number of carboxylic acids is 2. The minimum atomic E-state index is -3.26. The van der Waals surface area contributed by atoms with Gasteiger partial charge >= 0.3 is 35.0 Å². The minimum absolute atomic E-state index is 0. The van der Waals surface area contributed by atoms with E-state index in [-0.39, 0.29) is 77.1 Å². The number of carbonyl (C=O) groups excluding carboxylic acids is 1. The summed E-state index contributed by atoms with van der Waals surface area (Å²) in [6.07, 6.45) is 6.83. The number of aliphatic hydroxyl groups is 1. The van der Waals surface area contributed by atoms with Crippen molar-refractivity contribution in [2.45, 2.75) is 203 Å². The smallest absolute Gasteiger partial charge is 1.00 e. The normalized spacial score (nSPS) is 18.6. The molecular formula is C74H95Br5MgO10S6. The van der Waals surface area contributed by atoms with Gasteiger partial charge in [0.2, 0.25) is 0 Å². The molecule has 6 aliphatic heterocycles. The van der Waals surface area contributed by atoms with Crippen molar-refractivity contribution in [2.75, 3.05) is 34.5 Å². The summed E-state index contributed by atoms with van der Waals surface area (Å²) in [5.41, 5.74) is 22.0. The van der Waals surface area contributed by atoms with Gasteiger partial charge in [-0.3, -0.25) is 4.79 Å². The van der Waals surface area contributed by atoms with E-state index in [9.17, 15) is 33.0 Å². The first-order chi connectivity index (χ1) is 42.5. The summed E-state index contributed by atoms with van der Waals surface area (Å²) in [5, 5.41) is 28.8. The van der Waals surface area contributed by atoms with E-state index in [1.165, 1.54) is 107 Å². The number of hydrogen-bond donors (Lipinski definition) is 3. The van der Waals surface area contributed by atoms with Crippen LogP contribution in [0, 0.1) is 90.5 Å².